The van der Waals surface area contributed by atoms with Crippen molar-refractivity contribution >= 4 is 17.4 Å². The van der Waals surface area contributed by atoms with E-state index in [2.05, 4.69) is 12.2 Å². The molecule has 0 bridgehead atoms. The second-order valence-electron chi connectivity index (χ2n) is 6.11. The Kier molecular flexibility index (Phi) is 4.65. The van der Waals surface area contributed by atoms with Gasteiger partial charge in [-0.2, -0.15) is 0 Å². The van der Waals surface area contributed by atoms with Crippen molar-refractivity contribution in [1.29, 1.82) is 0 Å². The van der Waals surface area contributed by atoms with Gasteiger partial charge in [-0.15, -0.1) is 0 Å². The maximum Gasteiger partial charge on any atom is 0.322 e. The Morgan fingerprint density at radius 2 is 1.88 bits per heavy atom. The van der Waals surface area contributed by atoms with Gasteiger partial charge in [-0.25, -0.2) is 9.18 Å². The van der Waals surface area contributed by atoms with Crippen LogP contribution < -0.4 is 5.32 Å². The first-order chi connectivity index (χ1) is 12.0. The standard InChI is InChI=1S/C18H18FN3O3/c1-2-12-10-21(11-12)18(23)20-16-9-14(5-8-17(16)22(24)25)13-3-6-15(19)7-4-13/h3-9,12H,2,10-11H2,1H3,(H,20,23). The average molecular weight is 343 g/mol. The summed E-state index contributed by atoms with van der Waals surface area (Å²) >= 11 is 0. The van der Waals surface area contributed by atoms with E-state index >= 15 is 0 Å². The molecule has 1 fully saturated rings. The summed E-state index contributed by atoms with van der Waals surface area (Å²) in [5.74, 6) is 0.133. The SMILES string of the molecule is CCC1CN(C(=O)Nc2cc(-c3ccc(F)cc3)ccc2[N+](=O)[O-])C1. The topological polar surface area (TPSA) is 75.5 Å². The first-order valence-electron chi connectivity index (χ1n) is 8.08. The van der Waals surface area contributed by atoms with Gasteiger partial charge in [-0.3, -0.25) is 10.1 Å². The number of benzene rings is 2. The molecule has 7 heteroatoms. The Labute approximate surface area is 144 Å². The number of anilines is 1. The van der Waals surface area contributed by atoms with Gasteiger partial charge in [0.2, 0.25) is 0 Å². The van der Waals surface area contributed by atoms with Gasteiger partial charge in [-0.05, 0) is 47.7 Å². The van der Waals surface area contributed by atoms with Crippen molar-refractivity contribution in [1.82, 2.24) is 4.90 Å². The zero-order chi connectivity index (χ0) is 18.0. The van der Waals surface area contributed by atoms with Gasteiger partial charge in [-0.1, -0.05) is 19.1 Å². The number of amides is 2. The summed E-state index contributed by atoms with van der Waals surface area (Å²) in [5.41, 5.74) is 1.33. The molecular formula is C18H18FN3O3. The van der Waals surface area contributed by atoms with Crippen LogP contribution >= 0.6 is 0 Å². The molecule has 1 heterocycles. The van der Waals surface area contributed by atoms with Crippen molar-refractivity contribution in [2.45, 2.75) is 13.3 Å². The number of nitro benzene ring substituents is 1. The lowest BCUT2D eigenvalue weighted by molar-refractivity contribution is -0.383. The van der Waals surface area contributed by atoms with Crippen LogP contribution in [0.5, 0.6) is 0 Å². The van der Waals surface area contributed by atoms with E-state index in [1.165, 1.54) is 18.2 Å². The molecule has 6 nitrogen and oxygen atoms in total. The lowest BCUT2D eigenvalue weighted by atomic mass is 9.98. The van der Waals surface area contributed by atoms with Gasteiger partial charge in [0.1, 0.15) is 11.5 Å². The predicted octanol–water partition coefficient (Wildman–Crippen LogP) is 4.27. The second kappa shape index (κ2) is 6.88. The molecule has 0 unspecified atom stereocenters. The molecule has 0 spiro atoms. The summed E-state index contributed by atoms with van der Waals surface area (Å²) in [6.07, 6.45) is 1.00. The van der Waals surface area contributed by atoms with E-state index in [1.807, 2.05) is 0 Å². The minimum atomic E-state index is -0.533. The van der Waals surface area contributed by atoms with E-state index in [0.717, 1.165) is 6.42 Å². The predicted molar refractivity (Wildman–Crippen MR) is 92.9 cm³/mol. The largest absolute Gasteiger partial charge is 0.324 e. The Hall–Kier alpha value is -2.96. The Morgan fingerprint density at radius 1 is 1.24 bits per heavy atom. The van der Waals surface area contributed by atoms with E-state index < -0.39 is 4.92 Å². The van der Waals surface area contributed by atoms with Gasteiger partial charge in [0, 0.05) is 19.2 Å². The molecule has 0 radical (unpaired) electrons. The molecule has 130 valence electrons. The number of hydrogen-bond donors (Lipinski definition) is 1. The van der Waals surface area contributed by atoms with Crippen molar-refractivity contribution in [3.8, 4) is 11.1 Å². The van der Waals surface area contributed by atoms with Crippen LogP contribution in [0.1, 0.15) is 13.3 Å². The molecule has 0 atom stereocenters. The number of halogens is 1. The van der Waals surface area contributed by atoms with Crippen molar-refractivity contribution in [3.05, 3.63) is 58.4 Å². The lowest BCUT2D eigenvalue weighted by Gasteiger charge is -2.38. The van der Waals surface area contributed by atoms with Gasteiger partial charge in [0.15, 0.2) is 0 Å². The van der Waals surface area contributed by atoms with Gasteiger partial charge < -0.3 is 10.2 Å². The van der Waals surface area contributed by atoms with Gasteiger partial charge in [0.05, 0.1) is 4.92 Å². The van der Waals surface area contributed by atoms with E-state index in [9.17, 15) is 19.3 Å². The van der Waals surface area contributed by atoms with Crippen LogP contribution in [0.25, 0.3) is 11.1 Å². The fourth-order valence-corrected chi connectivity index (χ4v) is 2.81. The third-order valence-electron chi connectivity index (χ3n) is 4.43. The maximum atomic E-state index is 13.1. The summed E-state index contributed by atoms with van der Waals surface area (Å²) in [5, 5.41) is 13.9. The van der Waals surface area contributed by atoms with E-state index in [0.29, 0.717) is 30.1 Å². The zero-order valence-corrected chi connectivity index (χ0v) is 13.7. The number of nitrogens with zero attached hydrogens (tertiary/aromatic N) is 2. The zero-order valence-electron chi connectivity index (χ0n) is 13.7. The molecule has 2 aromatic carbocycles. The molecular weight excluding hydrogens is 325 g/mol. The first-order valence-corrected chi connectivity index (χ1v) is 8.08. The Balaban J connectivity index is 1.85. The lowest BCUT2D eigenvalue weighted by Crippen LogP contribution is -2.51. The average Bonchev–Trinajstić information content (AvgIpc) is 2.54. The number of carbonyl (C=O) groups excluding carboxylic acids is 1. The quantitative estimate of drug-likeness (QED) is 0.665. The highest BCUT2D eigenvalue weighted by Crippen LogP contribution is 2.31. The van der Waals surface area contributed by atoms with Crippen molar-refractivity contribution in [2.24, 2.45) is 5.92 Å². The fraction of sp³-hybridized carbons (Fsp3) is 0.278. The highest BCUT2D eigenvalue weighted by atomic mass is 19.1. The van der Waals surface area contributed by atoms with E-state index in [-0.39, 0.29) is 23.2 Å². The van der Waals surface area contributed by atoms with Crippen molar-refractivity contribution in [3.63, 3.8) is 0 Å². The number of likely N-dealkylation sites (tertiary alicyclic amines) is 1. The number of urea groups is 1. The summed E-state index contributed by atoms with van der Waals surface area (Å²) in [4.78, 5) is 24.6. The Morgan fingerprint density at radius 3 is 2.48 bits per heavy atom. The van der Waals surface area contributed by atoms with Crippen LogP contribution in [0.2, 0.25) is 0 Å². The maximum absolute atomic E-state index is 13.1. The molecule has 0 aliphatic carbocycles. The normalized spacial score (nSPS) is 14.1. The van der Waals surface area contributed by atoms with Gasteiger partial charge >= 0.3 is 6.03 Å². The highest BCUT2D eigenvalue weighted by Gasteiger charge is 2.30. The van der Waals surface area contributed by atoms with Crippen LogP contribution in [0.3, 0.4) is 0 Å². The smallest absolute Gasteiger partial charge is 0.322 e. The summed E-state index contributed by atoms with van der Waals surface area (Å²) in [7, 11) is 0. The molecule has 1 saturated heterocycles. The number of hydrogen-bond acceptors (Lipinski definition) is 3. The van der Waals surface area contributed by atoms with Crippen LogP contribution in [0.4, 0.5) is 20.6 Å². The molecule has 3 rings (SSSR count). The fourth-order valence-electron chi connectivity index (χ4n) is 2.81. The van der Waals surface area contributed by atoms with Gasteiger partial charge in [0.25, 0.3) is 5.69 Å². The highest BCUT2D eigenvalue weighted by molar-refractivity contribution is 5.93. The minimum Gasteiger partial charge on any atom is -0.324 e. The van der Waals surface area contributed by atoms with Crippen molar-refractivity contribution < 1.29 is 14.1 Å². The number of carbonyl (C=O) groups is 1. The molecule has 0 saturated carbocycles. The summed E-state index contributed by atoms with van der Waals surface area (Å²) in [6, 6.07) is 9.94. The monoisotopic (exact) mass is 343 g/mol. The molecule has 0 aromatic heterocycles. The van der Waals surface area contributed by atoms with Crippen LogP contribution in [-0.4, -0.2) is 28.9 Å². The number of nitro groups is 1. The molecule has 1 N–H and O–H groups in total. The third kappa shape index (κ3) is 3.60. The second-order valence-corrected chi connectivity index (χ2v) is 6.11. The van der Waals surface area contributed by atoms with E-state index in [1.54, 1.807) is 29.2 Å². The van der Waals surface area contributed by atoms with Crippen LogP contribution in [0.15, 0.2) is 42.5 Å². The summed E-state index contributed by atoms with van der Waals surface area (Å²) < 4.78 is 13.1. The summed E-state index contributed by atoms with van der Waals surface area (Å²) in [6.45, 7) is 3.39. The number of nitrogens with one attached hydrogen (secondary N) is 1. The molecule has 2 amide bonds. The Bertz CT molecular complexity index is 802. The molecule has 1 aliphatic rings. The third-order valence-corrected chi connectivity index (χ3v) is 4.43. The molecule has 2 aromatic rings. The van der Waals surface area contributed by atoms with Crippen LogP contribution in [-0.2, 0) is 0 Å². The minimum absolute atomic E-state index is 0.136. The molecule has 25 heavy (non-hydrogen) atoms. The first kappa shape index (κ1) is 16.9. The van der Waals surface area contributed by atoms with E-state index in [4.69, 9.17) is 0 Å². The van der Waals surface area contributed by atoms with Crippen molar-refractivity contribution in [2.75, 3.05) is 18.4 Å². The van der Waals surface area contributed by atoms with Crippen LogP contribution in [0, 0.1) is 21.8 Å². The molecule has 1 aliphatic heterocycles. The number of rotatable bonds is 4.